The van der Waals surface area contributed by atoms with Crippen LogP contribution in [0.5, 0.6) is 11.5 Å². The highest BCUT2D eigenvalue weighted by Crippen LogP contribution is 2.37. The smallest absolute Gasteiger partial charge is 0.307 e. The first kappa shape index (κ1) is 27.4. The van der Waals surface area contributed by atoms with Gasteiger partial charge in [-0.25, -0.2) is 8.42 Å². The van der Waals surface area contributed by atoms with Crippen LogP contribution >= 0.6 is 11.3 Å². The van der Waals surface area contributed by atoms with Crippen LogP contribution in [0.2, 0.25) is 0 Å². The van der Waals surface area contributed by atoms with E-state index >= 15 is 0 Å². The number of sulfone groups is 1. The standard InChI is InChI=1S/C30H30O6S2/c1-20(16-30(31)32)23-6-8-24(9-7-23)36-18-22-5-12-29-27(17-22)28(19-37-29)26-11-10-25(15-21(26)2)35-13-4-14-38(3,33)34/h5-12,15,17,19H,1,4,13-14,16,18H2,2-3H3,(H,31,32). The summed E-state index contributed by atoms with van der Waals surface area (Å²) in [6, 6.07) is 19.6. The molecule has 0 aliphatic rings. The monoisotopic (exact) mass is 550 g/mol. The van der Waals surface area contributed by atoms with Gasteiger partial charge in [0.05, 0.1) is 18.8 Å². The predicted molar refractivity (Wildman–Crippen MR) is 154 cm³/mol. The molecule has 38 heavy (non-hydrogen) atoms. The first-order valence-electron chi connectivity index (χ1n) is 12.1. The average molecular weight is 551 g/mol. The maximum Gasteiger partial charge on any atom is 0.307 e. The zero-order valence-corrected chi connectivity index (χ0v) is 23.0. The molecule has 0 aliphatic carbocycles. The van der Waals surface area contributed by atoms with Crippen molar-refractivity contribution in [2.45, 2.75) is 26.4 Å². The summed E-state index contributed by atoms with van der Waals surface area (Å²) in [5, 5.41) is 12.3. The molecule has 0 amide bonds. The van der Waals surface area contributed by atoms with Crippen LogP contribution in [-0.4, -0.2) is 38.1 Å². The number of thiophene rings is 1. The average Bonchev–Trinajstić information content (AvgIpc) is 3.28. The molecule has 4 aromatic rings. The fourth-order valence-electron chi connectivity index (χ4n) is 4.15. The van der Waals surface area contributed by atoms with Crippen molar-refractivity contribution in [2.75, 3.05) is 18.6 Å². The maximum atomic E-state index is 11.3. The lowest BCUT2D eigenvalue weighted by Gasteiger charge is -2.11. The molecule has 6 nitrogen and oxygen atoms in total. The van der Waals surface area contributed by atoms with Gasteiger partial charge in [0.15, 0.2) is 0 Å². The fourth-order valence-corrected chi connectivity index (χ4v) is 5.74. The summed E-state index contributed by atoms with van der Waals surface area (Å²) in [5.41, 5.74) is 5.73. The largest absolute Gasteiger partial charge is 0.494 e. The van der Waals surface area contributed by atoms with E-state index in [1.54, 1.807) is 11.3 Å². The molecule has 1 N–H and O–H groups in total. The molecule has 0 atom stereocenters. The Morgan fingerprint density at radius 1 is 0.974 bits per heavy atom. The van der Waals surface area contributed by atoms with E-state index in [0.29, 0.717) is 31.0 Å². The Labute approximate surface area is 227 Å². The van der Waals surface area contributed by atoms with Crippen molar-refractivity contribution >= 4 is 42.8 Å². The fraction of sp³-hybridized carbons (Fsp3) is 0.233. The maximum absolute atomic E-state index is 11.3. The summed E-state index contributed by atoms with van der Waals surface area (Å²) < 4.78 is 35.5. The number of ether oxygens (including phenoxy) is 2. The van der Waals surface area contributed by atoms with Crippen molar-refractivity contribution in [1.29, 1.82) is 0 Å². The third-order valence-electron chi connectivity index (χ3n) is 6.09. The molecular formula is C30H30O6S2. The Balaban J connectivity index is 1.44. The number of benzene rings is 3. The Morgan fingerprint density at radius 2 is 1.71 bits per heavy atom. The van der Waals surface area contributed by atoms with Gasteiger partial charge in [0.1, 0.15) is 27.9 Å². The van der Waals surface area contributed by atoms with Crippen LogP contribution in [0, 0.1) is 6.92 Å². The van der Waals surface area contributed by atoms with Crippen LogP contribution in [0.15, 0.2) is 72.6 Å². The number of carbonyl (C=O) groups is 1. The van der Waals surface area contributed by atoms with E-state index in [4.69, 9.17) is 14.6 Å². The molecule has 4 rings (SSSR count). The van der Waals surface area contributed by atoms with Crippen molar-refractivity contribution in [3.8, 4) is 22.6 Å². The number of carboxylic acids is 1. The molecule has 0 bridgehead atoms. The van der Waals surface area contributed by atoms with E-state index in [0.717, 1.165) is 39.0 Å². The first-order valence-corrected chi connectivity index (χ1v) is 15.1. The summed E-state index contributed by atoms with van der Waals surface area (Å²) in [5.74, 6) is 0.640. The van der Waals surface area contributed by atoms with Crippen LogP contribution < -0.4 is 9.47 Å². The Bertz CT molecular complexity index is 1570. The number of carboxylic acid groups (broad SMARTS) is 1. The molecule has 198 valence electrons. The van der Waals surface area contributed by atoms with E-state index in [-0.39, 0.29) is 12.2 Å². The lowest BCUT2D eigenvalue weighted by molar-refractivity contribution is -0.135. The van der Waals surface area contributed by atoms with Gasteiger partial charge in [-0.15, -0.1) is 11.3 Å². The molecule has 3 aromatic carbocycles. The summed E-state index contributed by atoms with van der Waals surface area (Å²) in [4.78, 5) is 10.9. The van der Waals surface area contributed by atoms with Crippen molar-refractivity contribution in [1.82, 2.24) is 0 Å². The molecule has 0 saturated carbocycles. The first-order chi connectivity index (χ1) is 18.1. The zero-order chi connectivity index (χ0) is 27.3. The highest BCUT2D eigenvalue weighted by molar-refractivity contribution is 7.90. The highest BCUT2D eigenvalue weighted by Gasteiger charge is 2.12. The van der Waals surface area contributed by atoms with E-state index in [1.165, 1.54) is 11.0 Å². The van der Waals surface area contributed by atoms with Gasteiger partial charge >= 0.3 is 5.97 Å². The van der Waals surface area contributed by atoms with Crippen LogP contribution in [-0.2, 0) is 21.2 Å². The van der Waals surface area contributed by atoms with E-state index < -0.39 is 15.8 Å². The van der Waals surface area contributed by atoms with E-state index in [9.17, 15) is 13.2 Å². The van der Waals surface area contributed by atoms with Gasteiger partial charge in [0, 0.05) is 21.9 Å². The highest BCUT2D eigenvalue weighted by atomic mass is 32.2. The van der Waals surface area contributed by atoms with Gasteiger partial charge in [0.25, 0.3) is 0 Å². The van der Waals surface area contributed by atoms with E-state index in [1.807, 2.05) is 49.4 Å². The number of hydrogen-bond donors (Lipinski definition) is 1. The Hall–Kier alpha value is -3.62. The molecule has 0 unspecified atom stereocenters. The molecule has 0 radical (unpaired) electrons. The summed E-state index contributed by atoms with van der Waals surface area (Å²) in [6.45, 7) is 6.64. The second-order valence-electron chi connectivity index (χ2n) is 9.28. The number of hydrogen-bond acceptors (Lipinski definition) is 6. The van der Waals surface area contributed by atoms with E-state index in [2.05, 4.69) is 30.2 Å². The number of aliphatic carboxylic acids is 1. The normalized spacial score (nSPS) is 11.4. The van der Waals surface area contributed by atoms with Crippen molar-refractivity contribution in [3.63, 3.8) is 0 Å². The van der Waals surface area contributed by atoms with Crippen LogP contribution in [0.25, 0.3) is 26.8 Å². The van der Waals surface area contributed by atoms with Gasteiger partial charge in [0.2, 0.25) is 0 Å². The molecule has 1 aromatic heterocycles. The van der Waals surface area contributed by atoms with Gasteiger partial charge in [-0.1, -0.05) is 30.8 Å². The minimum Gasteiger partial charge on any atom is -0.494 e. The predicted octanol–water partition coefficient (Wildman–Crippen LogP) is 6.76. The lowest BCUT2D eigenvalue weighted by Crippen LogP contribution is -2.08. The second-order valence-corrected chi connectivity index (χ2v) is 12.4. The van der Waals surface area contributed by atoms with Crippen LogP contribution in [0.4, 0.5) is 0 Å². The summed E-state index contributed by atoms with van der Waals surface area (Å²) in [6.07, 6.45) is 1.60. The second kappa shape index (κ2) is 11.8. The molecule has 0 spiro atoms. The zero-order valence-electron chi connectivity index (χ0n) is 21.4. The molecule has 1 heterocycles. The lowest BCUT2D eigenvalue weighted by atomic mass is 9.99. The van der Waals surface area contributed by atoms with Gasteiger partial charge in [-0.2, -0.15) is 0 Å². The summed E-state index contributed by atoms with van der Waals surface area (Å²) in [7, 11) is -2.98. The number of rotatable bonds is 12. The molecule has 0 fully saturated rings. The van der Waals surface area contributed by atoms with Gasteiger partial charge < -0.3 is 14.6 Å². The van der Waals surface area contributed by atoms with Crippen molar-refractivity contribution in [2.24, 2.45) is 0 Å². The Kier molecular flexibility index (Phi) is 8.54. The van der Waals surface area contributed by atoms with Crippen molar-refractivity contribution in [3.05, 3.63) is 89.3 Å². The third-order valence-corrected chi connectivity index (χ3v) is 8.08. The topological polar surface area (TPSA) is 89.9 Å². The Morgan fingerprint density at radius 3 is 2.39 bits per heavy atom. The van der Waals surface area contributed by atoms with Crippen molar-refractivity contribution < 1.29 is 27.8 Å². The third kappa shape index (κ3) is 7.24. The summed E-state index contributed by atoms with van der Waals surface area (Å²) >= 11 is 1.69. The number of aryl methyl sites for hydroxylation is 1. The van der Waals surface area contributed by atoms with Gasteiger partial charge in [-0.05, 0) is 82.9 Å². The molecule has 8 heteroatoms. The molecule has 0 saturated heterocycles. The van der Waals surface area contributed by atoms with Gasteiger partial charge in [-0.3, -0.25) is 4.79 Å². The molecule has 0 aliphatic heterocycles. The van der Waals surface area contributed by atoms with Crippen LogP contribution in [0.1, 0.15) is 29.5 Å². The number of fused-ring (bicyclic) bond motifs is 1. The van der Waals surface area contributed by atoms with Crippen LogP contribution in [0.3, 0.4) is 0 Å². The quantitative estimate of drug-likeness (QED) is 0.196. The SMILES string of the molecule is C=C(CC(=O)O)c1ccc(OCc2ccc3scc(-c4ccc(OCCCS(C)(=O)=O)cc4C)c3c2)cc1. The minimum atomic E-state index is -2.98. The molecular weight excluding hydrogens is 520 g/mol. The minimum absolute atomic E-state index is 0.0935.